The molecule has 0 aliphatic heterocycles. The van der Waals surface area contributed by atoms with E-state index in [0.717, 1.165) is 22.6 Å². The second kappa shape index (κ2) is 7.72. The van der Waals surface area contributed by atoms with Crippen molar-refractivity contribution in [2.45, 2.75) is 59.5 Å². The number of amides is 2. The number of carbonyl (C=O) groups excluding carboxylic acids is 2. The van der Waals surface area contributed by atoms with E-state index in [1.807, 2.05) is 69.6 Å². The van der Waals surface area contributed by atoms with Gasteiger partial charge in [0.05, 0.1) is 17.8 Å². The van der Waals surface area contributed by atoms with Crippen molar-refractivity contribution < 1.29 is 9.59 Å². The number of nitrogens with one attached hydrogen (secondary N) is 2. The number of aromatic nitrogens is 2. The predicted molar refractivity (Wildman–Crippen MR) is 102 cm³/mol. The molecule has 2 amide bonds. The van der Waals surface area contributed by atoms with Gasteiger partial charge in [-0.15, -0.1) is 0 Å². The number of benzene rings is 1. The highest BCUT2D eigenvalue weighted by Crippen LogP contribution is 2.18. The number of hydrogen-bond acceptors (Lipinski definition) is 3. The van der Waals surface area contributed by atoms with Crippen LogP contribution in [-0.4, -0.2) is 33.2 Å². The molecule has 2 aromatic rings. The Morgan fingerprint density at radius 3 is 2.35 bits per heavy atom. The summed E-state index contributed by atoms with van der Waals surface area (Å²) >= 11 is 0. The topological polar surface area (TPSA) is 76.0 Å². The molecule has 6 nitrogen and oxygen atoms in total. The molecule has 2 N–H and O–H groups in total. The summed E-state index contributed by atoms with van der Waals surface area (Å²) in [7, 11) is 0. The molecular formula is C20H28N4O2. The summed E-state index contributed by atoms with van der Waals surface area (Å²) in [6.07, 6.45) is 0.192. The zero-order valence-corrected chi connectivity index (χ0v) is 16.4. The highest BCUT2D eigenvalue weighted by Gasteiger charge is 2.22. The summed E-state index contributed by atoms with van der Waals surface area (Å²) in [5.41, 5.74) is 3.25. The minimum atomic E-state index is -0.591. The Kier molecular flexibility index (Phi) is 5.85. The Morgan fingerprint density at radius 1 is 1.15 bits per heavy atom. The molecule has 140 valence electrons. The van der Waals surface area contributed by atoms with Crippen molar-refractivity contribution >= 4 is 11.8 Å². The number of rotatable bonds is 5. The molecule has 0 spiro atoms. The lowest BCUT2D eigenvalue weighted by molar-refractivity contribution is -0.129. The fourth-order valence-electron chi connectivity index (χ4n) is 2.75. The summed E-state index contributed by atoms with van der Waals surface area (Å²) in [5, 5.41) is 10.2. The Morgan fingerprint density at radius 2 is 1.77 bits per heavy atom. The van der Waals surface area contributed by atoms with E-state index >= 15 is 0 Å². The van der Waals surface area contributed by atoms with Crippen molar-refractivity contribution in [1.82, 2.24) is 20.4 Å². The van der Waals surface area contributed by atoms with Crippen LogP contribution in [0.4, 0.5) is 0 Å². The van der Waals surface area contributed by atoms with Crippen LogP contribution in [0, 0.1) is 13.8 Å². The number of para-hydroxylation sites is 1. The first-order valence-electron chi connectivity index (χ1n) is 8.80. The third-order valence-electron chi connectivity index (χ3n) is 4.05. The average molecular weight is 356 g/mol. The van der Waals surface area contributed by atoms with Crippen molar-refractivity contribution in [2.24, 2.45) is 0 Å². The van der Waals surface area contributed by atoms with Crippen molar-refractivity contribution in [3.8, 4) is 5.69 Å². The van der Waals surface area contributed by atoms with Gasteiger partial charge in [-0.2, -0.15) is 5.10 Å². The van der Waals surface area contributed by atoms with Gasteiger partial charge in [0.25, 0.3) is 0 Å². The van der Waals surface area contributed by atoms with E-state index in [-0.39, 0.29) is 23.8 Å². The van der Waals surface area contributed by atoms with E-state index in [2.05, 4.69) is 15.7 Å². The van der Waals surface area contributed by atoms with Crippen LogP contribution in [-0.2, 0) is 16.0 Å². The number of hydrogen-bond donors (Lipinski definition) is 2. The second-order valence-corrected chi connectivity index (χ2v) is 7.60. The predicted octanol–water partition coefficient (Wildman–Crippen LogP) is 2.45. The van der Waals surface area contributed by atoms with Crippen molar-refractivity contribution in [2.75, 3.05) is 0 Å². The zero-order chi connectivity index (χ0) is 19.5. The smallest absolute Gasteiger partial charge is 0.242 e. The Labute approximate surface area is 155 Å². The van der Waals surface area contributed by atoms with E-state index in [0.29, 0.717) is 0 Å². The molecule has 1 aromatic carbocycles. The average Bonchev–Trinajstić information content (AvgIpc) is 2.82. The van der Waals surface area contributed by atoms with Gasteiger partial charge >= 0.3 is 0 Å². The number of carbonyl (C=O) groups is 2. The van der Waals surface area contributed by atoms with Crippen LogP contribution in [0.2, 0.25) is 0 Å². The molecule has 0 bridgehead atoms. The second-order valence-electron chi connectivity index (χ2n) is 7.60. The molecule has 0 aliphatic carbocycles. The maximum Gasteiger partial charge on any atom is 0.242 e. The van der Waals surface area contributed by atoms with E-state index in [1.54, 1.807) is 6.92 Å². The fraction of sp³-hybridized carbons (Fsp3) is 0.450. The van der Waals surface area contributed by atoms with Crippen LogP contribution in [0.3, 0.4) is 0 Å². The van der Waals surface area contributed by atoms with Crippen molar-refractivity contribution in [1.29, 1.82) is 0 Å². The van der Waals surface area contributed by atoms with Gasteiger partial charge in [-0.05, 0) is 53.7 Å². The van der Waals surface area contributed by atoms with E-state index in [4.69, 9.17) is 0 Å². The van der Waals surface area contributed by atoms with Crippen molar-refractivity contribution in [3.63, 3.8) is 0 Å². The van der Waals surface area contributed by atoms with Gasteiger partial charge in [0.2, 0.25) is 11.8 Å². The molecule has 2 rings (SSSR count). The Balaban J connectivity index is 2.08. The van der Waals surface area contributed by atoms with Gasteiger partial charge in [-0.3, -0.25) is 9.59 Å². The van der Waals surface area contributed by atoms with Crippen LogP contribution < -0.4 is 10.6 Å². The highest BCUT2D eigenvalue weighted by atomic mass is 16.2. The number of nitrogens with zero attached hydrogens (tertiary/aromatic N) is 2. The molecule has 26 heavy (non-hydrogen) atoms. The maximum atomic E-state index is 12.4. The summed E-state index contributed by atoms with van der Waals surface area (Å²) in [6, 6.07) is 9.21. The molecule has 1 aromatic heterocycles. The van der Waals surface area contributed by atoms with Gasteiger partial charge in [0, 0.05) is 16.8 Å². The number of aryl methyl sites for hydroxylation is 1. The minimum absolute atomic E-state index is 0.192. The molecule has 0 saturated heterocycles. The van der Waals surface area contributed by atoms with Gasteiger partial charge in [-0.1, -0.05) is 18.2 Å². The van der Waals surface area contributed by atoms with Crippen LogP contribution >= 0.6 is 0 Å². The van der Waals surface area contributed by atoms with Crippen LogP contribution in [0.15, 0.2) is 30.3 Å². The summed E-state index contributed by atoms with van der Waals surface area (Å²) in [4.78, 5) is 24.5. The Bertz CT molecular complexity index is 788. The summed E-state index contributed by atoms with van der Waals surface area (Å²) in [5.74, 6) is -0.389. The first-order valence-corrected chi connectivity index (χ1v) is 8.80. The van der Waals surface area contributed by atoms with E-state index in [1.165, 1.54) is 0 Å². The third kappa shape index (κ3) is 4.94. The van der Waals surface area contributed by atoms with E-state index in [9.17, 15) is 9.59 Å². The van der Waals surface area contributed by atoms with Gasteiger partial charge < -0.3 is 10.6 Å². The molecule has 0 aliphatic rings. The molecule has 0 saturated carbocycles. The standard InChI is InChI=1S/C20H28N4O2/c1-13-17(15(3)24(23-13)16-10-8-7-9-11-16)12-18(25)21-14(2)19(26)22-20(4,5)6/h7-11,14H,12H2,1-6H3,(H,21,25)(H,22,26). The van der Waals surface area contributed by atoms with Gasteiger partial charge in [-0.25, -0.2) is 4.68 Å². The van der Waals surface area contributed by atoms with Crippen LogP contribution in [0.5, 0.6) is 0 Å². The summed E-state index contributed by atoms with van der Waals surface area (Å²) in [6.45, 7) is 11.3. The molecule has 6 heteroatoms. The first-order chi connectivity index (χ1) is 12.1. The van der Waals surface area contributed by atoms with Gasteiger partial charge in [0.15, 0.2) is 0 Å². The Hall–Kier alpha value is -2.63. The monoisotopic (exact) mass is 356 g/mol. The molecule has 0 fully saturated rings. The van der Waals surface area contributed by atoms with Gasteiger partial charge in [0.1, 0.15) is 6.04 Å². The normalized spacial score (nSPS) is 12.5. The molecule has 1 heterocycles. The van der Waals surface area contributed by atoms with Crippen LogP contribution in [0.25, 0.3) is 5.69 Å². The van der Waals surface area contributed by atoms with E-state index < -0.39 is 6.04 Å². The molecule has 0 radical (unpaired) electrons. The van der Waals surface area contributed by atoms with Crippen LogP contribution in [0.1, 0.15) is 44.6 Å². The molecule has 1 atom stereocenters. The maximum absolute atomic E-state index is 12.4. The SMILES string of the molecule is Cc1nn(-c2ccccc2)c(C)c1CC(=O)NC(C)C(=O)NC(C)(C)C. The lowest BCUT2D eigenvalue weighted by Crippen LogP contribution is -2.51. The van der Waals surface area contributed by atoms with Crippen molar-refractivity contribution in [3.05, 3.63) is 47.3 Å². The highest BCUT2D eigenvalue weighted by molar-refractivity contribution is 5.88. The fourth-order valence-corrected chi connectivity index (χ4v) is 2.75. The summed E-state index contributed by atoms with van der Waals surface area (Å²) < 4.78 is 1.84. The minimum Gasteiger partial charge on any atom is -0.350 e. The first kappa shape index (κ1) is 19.7. The third-order valence-corrected chi connectivity index (χ3v) is 4.05. The lowest BCUT2D eigenvalue weighted by atomic mass is 10.1. The molecular weight excluding hydrogens is 328 g/mol. The molecule has 1 unspecified atom stereocenters. The quantitative estimate of drug-likeness (QED) is 0.864. The lowest BCUT2D eigenvalue weighted by Gasteiger charge is -2.23. The largest absolute Gasteiger partial charge is 0.350 e. The zero-order valence-electron chi connectivity index (χ0n) is 16.4.